The summed E-state index contributed by atoms with van der Waals surface area (Å²) in [5, 5.41) is 5.20. The molecule has 1 N–H and O–H groups in total. The van der Waals surface area contributed by atoms with Crippen LogP contribution in [0, 0.1) is 6.92 Å². The number of aryl methyl sites for hydroxylation is 1. The van der Waals surface area contributed by atoms with Gasteiger partial charge in [0.2, 0.25) is 0 Å². The maximum atomic E-state index is 5.63. The van der Waals surface area contributed by atoms with Crippen molar-refractivity contribution in [2.75, 3.05) is 6.61 Å². The normalized spacial score (nSPS) is 24.9. The van der Waals surface area contributed by atoms with Crippen LogP contribution in [-0.2, 0) is 4.74 Å². The van der Waals surface area contributed by atoms with E-state index in [9.17, 15) is 0 Å². The van der Waals surface area contributed by atoms with Crippen molar-refractivity contribution in [3.8, 4) is 0 Å². The molecule has 1 aromatic carbocycles. The molecule has 0 amide bonds. The summed E-state index contributed by atoms with van der Waals surface area (Å²) in [7, 11) is 0. The zero-order valence-corrected chi connectivity index (χ0v) is 13.3. The van der Waals surface area contributed by atoms with Gasteiger partial charge in [0.15, 0.2) is 0 Å². The van der Waals surface area contributed by atoms with E-state index in [1.54, 1.807) is 0 Å². The standard InChI is InChI=1S/C17H23NOS/c1-11-10-14(8-9-19-11)18-13(3)17-12(2)15-6-4-5-7-16(15)20-17/h4-7,11,13-14,18H,8-10H2,1-3H3. The van der Waals surface area contributed by atoms with E-state index in [2.05, 4.69) is 50.4 Å². The molecule has 1 saturated heterocycles. The van der Waals surface area contributed by atoms with Crippen LogP contribution in [-0.4, -0.2) is 18.8 Å². The largest absolute Gasteiger partial charge is 0.378 e. The molecule has 3 unspecified atom stereocenters. The van der Waals surface area contributed by atoms with Gasteiger partial charge < -0.3 is 10.1 Å². The Hall–Kier alpha value is -0.900. The average molecular weight is 289 g/mol. The van der Waals surface area contributed by atoms with Crippen molar-refractivity contribution in [2.45, 2.75) is 51.8 Å². The smallest absolute Gasteiger partial charge is 0.0561 e. The molecule has 2 heterocycles. The van der Waals surface area contributed by atoms with Crippen molar-refractivity contribution >= 4 is 21.4 Å². The summed E-state index contributed by atoms with van der Waals surface area (Å²) < 4.78 is 7.03. The van der Waals surface area contributed by atoms with Gasteiger partial charge in [-0.05, 0) is 50.6 Å². The minimum atomic E-state index is 0.386. The first kappa shape index (κ1) is 14.1. The van der Waals surface area contributed by atoms with Gasteiger partial charge in [0, 0.05) is 28.3 Å². The first-order valence-electron chi connectivity index (χ1n) is 7.51. The highest BCUT2D eigenvalue weighted by Gasteiger charge is 2.22. The molecule has 2 nitrogen and oxygen atoms in total. The van der Waals surface area contributed by atoms with Crippen LogP contribution in [0.25, 0.3) is 10.1 Å². The van der Waals surface area contributed by atoms with E-state index in [4.69, 9.17) is 4.74 Å². The zero-order chi connectivity index (χ0) is 14.1. The lowest BCUT2D eigenvalue weighted by Crippen LogP contribution is -2.39. The van der Waals surface area contributed by atoms with Gasteiger partial charge in [-0.1, -0.05) is 18.2 Å². The predicted octanol–water partition coefficient (Wildman–Crippen LogP) is 4.43. The average Bonchev–Trinajstić information content (AvgIpc) is 2.77. The van der Waals surface area contributed by atoms with Gasteiger partial charge in [-0.25, -0.2) is 0 Å². The summed E-state index contributed by atoms with van der Waals surface area (Å²) in [4.78, 5) is 1.48. The number of rotatable bonds is 3. The second-order valence-electron chi connectivity index (χ2n) is 5.88. The van der Waals surface area contributed by atoms with Crippen LogP contribution in [0.4, 0.5) is 0 Å². The Kier molecular flexibility index (Phi) is 4.11. The molecule has 0 bridgehead atoms. The van der Waals surface area contributed by atoms with Gasteiger partial charge in [-0.15, -0.1) is 11.3 Å². The van der Waals surface area contributed by atoms with E-state index in [0.29, 0.717) is 18.2 Å². The molecule has 0 radical (unpaired) electrons. The molecule has 0 aliphatic carbocycles. The van der Waals surface area contributed by atoms with Crippen LogP contribution in [0.5, 0.6) is 0 Å². The quantitative estimate of drug-likeness (QED) is 0.902. The predicted molar refractivity (Wildman–Crippen MR) is 86.5 cm³/mol. The maximum Gasteiger partial charge on any atom is 0.0561 e. The van der Waals surface area contributed by atoms with Crippen LogP contribution in [0.2, 0.25) is 0 Å². The summed E-state index contributed by atoms with van der Waals surface area (Å²) >= 11 is 1.93. The Morgan fingerprint density at radius 1 is 1.35 bits per heavy atom. The summed E-state index contributed by atoms with van der Waals surface area (Å²) in [6, 6.07) is 9.71. The van der Waals surface area contributed by atoms with Gasteiger partial charge in [0.25, 0.3) is 0 Å². The summed E-state index contributed by atoms with van der Waals surface area (Å²) in [5.41, 5.74) is 1.44. The maximum absolute atomic E-state index is 5.63. The third kappa shape index (κ3) is 2.76. The number of ether oxygens (including phenoxy) is 1. The Bertz CT molecular complexity index is 592. The van der Waals surface area contributed by atoms with Crippen LogP contribution in [0.3, 0.4) is 0 Å². The molecule has 108 valence electrons. The minimum absolute atomic E-state index is 0.386. The molecule has 3 rings (SSSR count). The molecule has 1 aliphatic heterocycles. The highest BCUT2D eigenvalue weighted by molar-refractivity contribution is 7.19. The van der Waals surface area contributed by atoms with Crippen molar-refractivity contribution < 1.29 is 4.74 Å². The molecule has 0 saturated carbocycles. The number of benzene rings is 1. The molecule has 0 spiro atoms. The van der Waals surface area contributed by atoms with Crippen molar-refractivity contribution in [1.29, 1.82) is 0 Å². The lowest BCUT2D eigenvalue weighted by atomic mass is 10.0. The lowest BCUT2D eigenvalue weighted by Gasteiger charge is -2.30. The van der Waals surface area contributed by atoms with E-state index in [-0.39, 0.29) is 0 Å². The van der Waals surface area contributed by atoms with E-state index in [1.807, 2.05) is 11.3 Å². The van der Waals surface area contributed by atoms with Gasteiger partial charge in [-0.2, -0.15) is 0 Å². The molecule has 1 aliphatic rings. The zero-order valence-electron chi connectivity index (χ0n) is 12.5. The minimum Gasteiger partial charge on any atom is -0.378 e. The first-order valence-corrected chi connectivity index (χ1v) is 8.32. The number of nitrogens with one attached hydrogen (secondary N) is 1. The number of thiophene rings is 1. The fourth-order valence-corrected chi connectivity index (χ4v) is 4.41. The van der Waals surface area contributed by atoms with Crippen molar-refractivity contribution in [3.63, 3.8) is 0 Å². The second kappa shape index (κ2) is 5.84. The molecule has 20 heavy (non-hydrogen) atoms. The highest BCUT2D eigenvalue weighted by atomic mass is 32.1. The summed E-state index contributed by atoms with van der Waals surface area (Å²) in [6.07, 6.45) is 2.63. The molecular formula is C17H23NOS. The summed E-state index contributed by atoms with van der Waals surface area (Å²) in [5.74, 6) is 0. The third-order valence-electron chi connectivity index (χ3n) is 4.24. The fourth-order valence-electron chi connectivity index (χ4n) is 3.18. The van der Waals surface area contributed by atoms with E-state index in [1.165, 1.54) is 20.5 Å². The van der Waals surface area contributed by atoms with Gasteiger partial charge in [0.1, 0.15) is 0 Å². The SMILES string of the molecule is Cc1c(C(C)NC2CCOC(C)C2)sc2ccccc12. The van der Waals surface area contributed by atoms with E-state index < -0.39 is 0 Å². The monoisotopic (exact) mass is 289 g/mol. The Morgan fingerprint density at radius 2 is 2.15 bits per heavy atom. The number of hydrogen-bond donors (Lipinski definition) is 1. The first-order chi connectivity index (χ1) is 9.65. The topological polar surface area (TPSA) is 21.3 Å². The van der Waals surface area contributed by atoms with Crippen LogP contribution < -0.4 is 5.32 Å². The van der Waals surface area contributed by atoms with E-state index in [0.717, 1.165) is 19.4 Å². The highest BCUT2D eigenvalue weighted by Crippen LogP contribution is 2.35. The molecular weight excluding hydrogens is 266 g/mol. The number of fused-ring (bicyclic) bond motifs is 1. The van der Waals surface area contributed by atoms with Crippen LogP contribution in [0.15, 0.2) is 24.3 Å². The Morgan fingerprint density at radius 3 is 2.90 bits per heavy atom. The molecule has 3 atom stereocenters. The fraction of sp³-hybridized carbons (Fsp3) is 0.529. The second-order valence-corrected chi connectivity index (χ2v) is 6.96. The van der Waals surface area contributed by atoms with Crippen LogP contribution >= 0.6 is 11.3 Å². The third-order valence-corrected chi connectivity index (χ3v) is 5.70. The molecule has 2 aromatic rings. The molecule has 3 heteroatoms. The van der Waals surface area contributed by atoms with Crippen LogP contribution in [0.1, 0.15) is 43.2 Å². The van der Waals surface area contributed by atoms with Gasteiger partial charge >= 0.3 is 0 Å². The van der Waals surface area contributed by atoms with Gasteiger partial charge in [-0.3, -0.25) is 0 Å². The van der Waals surface area contributed by atoms with Crippen molar-refractivity contribution in [2.24, 2.45) is 0 Å². The van der Waals surface area contributed by atoms with Crippen molar-refractivity contribution in [3.05, 3.63) is 34.7 Å². The Labute approximate surface area is 125 Å². The number of hydrogen-bond acceptors (Lipinski definition) is 3. The molecule has 1 fully saturated rings. The molecule has 1 aromatic heterocycles. The Balaban J connectivity index is 1.78. The van der Waals surface area contributed by atoms with Crippen molar-refractivity contribution in [1.82, 2.24) is 5.32 Å². The van der Waals surface area contributed by atoms with E-state index >= 15 is 0 Å². The van der Waals surface area contributed by atoms with Gasteiger partial charge in [0.05, 0.1) is 6.10 Å². The lowest BCUT2D eigenvalue weighted by molar-refractivity contribution is 0.0116. The summed E-state index contributed by atoms with van der Waals surface area (Å²) in [6.45, 7) is 7.59.